The molecule has 3 aromatic carbocycles. The number of aryl methyl sites for hydroxylation is 1. The molecule has 0 fully saturated rings. The Labute approximate surface area is 225 Å². The van der Waals surface area contributed by atoms with Gasteiger partial charge in [-0.2, -0.15) is 5.26 Å². The topological polar surface area (TPSA) is 106 Å². The van der Waals surface area contributed by atoms with Crippen molar-refractivity contribution in [2.24, 2.45) is 0 Å². The highest BCUT2D eigenvalue weighted by atomic mass is 32.1. The highest BCUT2D eigenvalue weighted by Gasteiger charge is 2.13. The number of amides is 1. The van der Waals surface area contributed by atoms with Gasteiger partial charge in [-0.15, -0.1) is 10.2 Å². The molecule has 1 N–H and O–H groups in total. The van der Waals surface area contributed by atoms with Crippen LogP contribution in [0.2, 0.25) is 0 Å². The quantitative estimate of drug-likeness (QED) is 0.188. The number of carbonyl (C=O) groups is 1. The summed E-state index contributed by atoms with van der Waals surface area (Å²) in [6, 6.07) is 26.2. The van der Waals surface area contributed by atoms with E-state index in [2.05, 4.69) is 21.6 Å². The van der Waals surface area contributed by atoms with Gasteiger partial charge in [0.2, 0.25) is 5.13 Å². The normalized spacial score (nSPS) is 11.0. The molecule has 192 valence electrons. The standard InChI is InChI=1S/C29H26N4O4S/c1-21-7-11-25(12-8-21)36-17-15-35-16-18-37-26-13-9-22(10-14-26)19-24(20-30)28-32-33-29(38-28)31-27(34)23-5-3-2-4-6-23/h2-14,19H,15-18H2,1H3,(H,31,33,34)/b24-19-. The zero-order valence-electron chi connectivity index (χ0n) is 20.8. The SMILES string of the molecule is Cc1ccc(OCCOCCOc2ccc(/C=C(/C#N)c3nnc(NC(=O)c4ccccc4)s3)cc2)cc1. The van der Waals surface area contributed by atoms with Gasteiger partial charge < -0.3 is 14.2 Å². The average molecular weight is 527 g/mol. The Bertz CT molecular complexity index is 1400. The molecule has 0 aliphatic rings. The summed E-state index contributed by atoms with van der Waals surface area (Å²) < 4.78 is 16.9. The lowest BCUT2D eigenvalue weighted by molar-refractivity contribution is 0.0764. The first-order valence-corrected chi connectivity index (χ1v) is 12.7. The molecule has 9 heteroatoms. The van der Waals surface area contributed by atoms with Crippen LogP contribution in [0.25, 0.3) is 11.6 Å². The van der Waals surface area contributed by atoms with Gasteiger partial charge in [-0.25, -0.2) is 0 Å². The van der Waals surface area contributed by atoms with Crippen molar-refractivity contribution in [3.8, 4) is 17.6 Å². The Balaban J connectivity index is 1.21. The average Bonchev–Trinajstić information content (AvgIpc) is 3.41. The molecule has 0 saturated carbocycles. The van der Waals surface area contributed by atoms with E-state index in [-0.39, 0.29) is 5.91 Å². The van der Waals surface area contributed by atoms with Gasteiger partial charge >= 0.3 is 0 Å². The maximum Gasteiger partial charge on any atom is 0.257 e. The molecule has 1 aromatic heterocycles. The Kier molecular flexibility index (Phi) is 9.56. The van der Waals surface area contributed by atoms with E-state index in [1.165, 1.54) is 5.56 Å². The van der Waals surface area contributed by atoms with Gasteiger partial charge in [0.15, 0.2) is 5.01 Å². The third-order valence-corrected chi connectivity index (χ3v) is 6.11. The number of ether oxygens (including phenoxy) is 3. The van der Waals surface area contributed by atoms with E-state index in [1.54, 1.807) is 30.3 Å². The number of nitrogens with zero attached hydrogens (tertiary/aromatic N) is 3. The summed E-state index contributed by atoms with van der Waals surface area (Å²) >= 11 is 1.14. The summed E-state index contributed by atoms with van der Waals surface area (Å²) in [5.74, 6) is 1.24. The molecule has 0 aliphatic carbocycles. The Morgan fingerprint density at radius 1 is 0.895 bits per heavy atom. The van der Waals surface area contributed by atoms with Gasteiger partial charge in [-0.1, -0.05) is 59.4 Å². The second-order valence-corrected chi connectivity index (χ2v) is 9.07. The number of carbonyl (C=O) groups excluding carboxylic acids is 1. The molecule has 38 heavy (non-hydrogen) atoms. The monoisotopic (exact) mass is 526 g/mol. The van der Waals surface area contributed by atoms with Crippen LogP contribution in [-0.4, -0.2) is 42.5 Å². The fourth-order valence-corrected chi connectivity index (χ4v) is 3.99. The highest BCUT2D eigenvalue weighted by Crippen LogP contribution is 2.25. The van der Waals surface area contributed by atoms with E-state index in [0.29, 0.717) is 53.5 Å². The number of allylic oxidation sites excluding steroid dienone is 1. The summed E-state index contributed by atoms with van der Waals surface area (Å²) in [6.45, 7) is 3.83. The van der Waals surface area contributed by atoms with Crippen LogP contribution in [0.15, 0.2) is 78.9 Å². The van der Waals surface area contributed by atoms with Crippen LogP contribution in [-0.2, 0) is 4.74 Å². The molecule has 0 bridgehead atoms. The lowest BCUT2D eigenvalue weighted by Crippen LogP contribution is -2.12. The molecule has 0 saturated heterocycles. The van der Waals surface area contributed by atoms with Gasteiger partial charge in [0, 0.05) is 5.56 Å². The molecule has 4 rings (SSSR count). The number of nitriles is 1. The molecule has 0 aliphatic heterocycles. The number of nitrogens with one attached hydrogen (secondary N) is 1. The van der Waals surface area contributed by atoms with E-state index in [4.69, 9.17) is 14.2 Å². The predicted octanol–water partition coefficient (Wildman–Crippen LogP) is 5.64. The minimum atomic E-state index is -0.285. The predicted molar refractivity (Wildman–Crippen MR) is 147 cm³/mol. The Morgan fingerprint density at radius 2 is 1.53 bits per heavy atom. The summed E-state index contributed by atoms with van der Waals surface area (Å²) in [6.07, 6.45) is 1.71. The second-order valence-electron chi connectivity index (χ2n) is 8.09. The highest BCUT2D eigenvalue weighted by molar-refractivity contribution is 7.16. The van der Waals surface area contributed by atoms with Crippen molar-refractivity contribution in [2.45, 2.75) is 6.92 Å². The van der Waals surface area contributed by atoms with E-state index in [1.807, 2.05) is 61.5 Å². The summed E-state index contributed by atoms with van der Waals surface area (Å²) in [5, 5.41) is 21.1. The number of hydrogen-bond acceptors (Lipinski definition) is 8. The van der Waals surface area contributed by atoms with Crippen LogP contribution in [0.3, 0.4) is 0 Å². The summed E-state index contributed by atoms with van der Waals surface area (Å²) in [7, 11) is 0. The molecule has 1 amide bonds. The zero-order valence-corrected chi connectivity index (χ0v) is 21.6. The summed E-state index contributed by atoms with van der Waals surface area (Å²) in [5.41, 5.74) is 2.86. The van der Waals surface area contributed by atoms with Gasteiger partial charge in [-0.05, 0) is 55.0 Å². The minimum Gasteiger partial charge on any atom is -0.491 e. The fraction of sp³-hybridized carbons (Fsp3) is 0.172. The van der Waals surface area contributed by atoms with E-state index in [0.717, 1.165) is 22.6 Å². The third-order valence-electron chi connectivity index (χ3n) is 5.24. The Hall–Kier alpha value is -4.52. The van der Waals surface area contributed by atoms with Crippen LogP contribution in [0, 0.1) is 18.3 Å². The van der Waals surface area contributed by atoms with Crippen molar-refractivity contribution in [1.29, 1.82) is 5.26 Å². The molecule has 4 aromatic rings. The van der Waals surface area contributed by atoms with Crippen LogP contribution in [0.4, 0.5) is 5.13 Å². The molecule has 1 heterocycles. The first-order valence-electron chi connectivity index (χ1n) is 11.9. The maximum absolute atomic E-state index is 12.3. The van der Waals surface area contributed by atoms with Gasteiger partial charge in [0.25, 0.3) is 5.91 Å². The van der Waals surface area contributed by atoms with Crippen molar-refractivity contribution in [3.05, 3.63) is 101 Å². The van der Waals surface area contributed by atoms with E-state index >= 15 is 0 Å². The fourth-order valence-electron chi connectivity index (χ4n) is 3.28. The van der Waals surface area contributed by atoms with Crippen LogP contribution >= 0.6 is 11.3 Å². The Morgan fingerprint density at radius 3 is 2.16 bits per heavy atom. The third kappa shape index (κ3) is 8.00. The smallest absolute Gasteiger partial charge is 0.257 e. The lowest BCUT2D eigenvalue weighted by Gasteiger charge is -2.09. The van der Waals surface area contributed by atoms with Crippen LogP contribution < -0.4 is 14.8 Å². The maximum atomic E-state index is 12.3. The summed E-state index contributed by atoms with van der Waals surface area (Å²) in [4.78, 5) is 12.3. The molecule has 0 spiro atoms. The van der Waals surface area contributed by atoms with Gasteiger partial charge in [0.05, 0.1) is 18.8 Å². The number of benzene rings is 3. The molecule has 8 nitrogen and oxygen atoms in total. The molecule has 0 radical (unpaired) electrons. The largest absolute Gasteiger partial charge is 0.491 e. The first kappa shape index (κ1) is 26.5. The van der Waals surface area contributed by atoms with Crippen molar-refractivity contribution < 1.29 is 19.0 Å². The molecular weight excluding hydrogens is 500 g/mol. The molecular formula is C29H26N4O4S. The number of anilines is 1. The second kappa shape index (κ2) is 13.7. The minimum absolute atomic E-state index is 0.285. The van der Waals surface area contributed by atoms with Crippen LogP contribution in [0.5, 0.6) is 11.5 Å². The van der Waals surface area contributed by atoms with Crippen molar-refractivity contribution in [2.75, 3.05) is 31.7 Å². The number of aromatic nitrogens is 2. The van der Waals surface area contributed by atoms with Crippen molar-refractivity contribution in [3.63, 3.8) is 0 Å². The zero-order chi connectivity index (χ0) is 26.6. The number of rotatable bonds is 12. The van der Waals surface area contributed by atoms with Crippen molar-refractivity contribution >= 4 is 34.0 Å². The molecule has 0 unspecified atom stereocenters. The van der Waals surface area contributed by atoms with Crippen LogP contribution in [0.1, 0.15) is 26.5 Å². The lowest BCUT2D eigenvalue weighted by atomic mass is 10.1. The van der Waals surface area contributed by atoms with Gasteiger partial charge in [-0.3, -0.25) is 10.1 Å². The van der Waals surface area contributed by atoms with E-state index < -0.39 is 0 Å². The first-order chi connectivity index (χ1) is 18.6. The number of hydrogen-bond donors (Lipinski definition) is 1. The van der Waals surface area contributed by atoms with E-state index in [9.17, 15) is 10.1 Å². The molecule has 0 atom stereocenters. The van der Waals surface area contributed by atoms with Gasteiger partial charge in [0.1, 0.15) is 30.8 Å². The van der Waals surface area contributed by atoms with Crippen molar-refractivity contribution in [1.82, 2.24) is 10.2 Å².